The first-order valence-electron chi connectivity index (χ1n) is 11.6. The van der Waals surface area contributed by atoms with Crippen LogP contribution in [-0.2, 0) is 6.54 Å². The molecule has 6 rings (SSSR count). The van der Waals surface area contributed by atoms with Crippen LogP contribution in [0.15, 0.2) is 47.4 Å². The standard InChI is InChI=1S/C26H26FN3O2/c27-20-6-2-16(3-7-20)15-30-23-18(10-19(14-28-23)17-4-5-17)11-22(25(30)32)24(31)29-21-12-26(13-21)8-1-9-26/h2-3,6-7,10-11,14,17,21H,1,4-5,8-9,12-13,15H2,(H,29,31). The maximum atomic E-state index is 13.4. The Kier molecular flexibility index (Phi) is 4.46. The average molecular weight is 432 g/mol. The van der Waals surface area contributed by atoms with Crippen LogP contribution in [0.3, 0.4) is 0 Å². The van der Waals surface area contributed by atoms with Crippen molar-refractivity contribution in [2.75, 3.05) is 0 Å². The van der Waals surface area contributed by atoms with Gasteiger partial charge in [-0.15, -0.1) is 0 Å². The molecule has 0 saturated heterocycles. The summed E-state index contributed by atoms with van der Waals surface area (Å²) in [6.07, 6.45) is 9.98. The van der Waals surface area contributed by atoms with Gasteiger partial charge in [-0.1, -0.05) is 18.6 Å². The zero-order valence-electron chi connectivity index (χ0n) is 17.9. The largest absolute Gasteiger partial charge is 0.349 e. The van der Waals surface area contributed by atoms with Crippen molar-refractivity contribution < 1.29 is 9.18 Å². The molecule has 2 aromatic heterocycles. The predicted molar refractivity (Wildman–Crippen MR) is 120 cm³/mol. The highest BCUT2D eigenvalue weighted by atomic mass is 19.1. The van der Waals surface area contributed by atoms with Gasteiger partial charge in [0.25, 0.3) is 11.5 Å². The molecule has 3 fully saturated rings. The van der Waals surface area contributed by atoms with E-state index in [0.717, 1.165) is 42.2 Å². The lowest BCUT2D eigenvalue weighted by Crippen LogP contribution is -2.54. The van der Waals surface area contributed by atoms with Crippen molar-refractivity contribution >= 4 is 16.9 Å². The number of nitrogens with zero attached hydrogens (tertiary/aromatic N) is 2. The van der Waals surface area contributed by atoms with Gasteiger partial charge in [-0.3, -0.25) is 14.2 Å². The second-order valence-corrected chi connectivity index (χ2v) is 9.96. The normalized spacial score (nSPS) is 19.5. The molecule has 32 heavy (non-hydrogen) atoms. The lowest BCUT2D eigenvalue weighted by atomic mass is 9.54. The van der Waals surface area contributed by atoms with Gasteiger partial charge in [0, 0.05) is 17.6 Å². The van der Waals surface area contributed by atoms with Crippen molar-refractivity contribution in [2.24, 2.45) is 5.41 Å². The van der Waals surface area contributed by atoms with Crippen molar-refractivity contribution in [2.45, 2.75) is 63.5 Å². The van der Waals surface area contributed by atoms with Crippen LogP contribution in [-0.4, -0.2) is 21.5 Å². The van der Waals surface area contributed by atoms with Gasteiger partial charge >= 0.3 is 0 Å². The summed E-state index contributed by atoms with van der Waals surface area (Å²) in [5.41, 5.74) is 2.74. The Bertz CT molecular complexity index is 1260. The molecule has 6 heteroatoms. The average Bonchev–Trinajstić information content (AvgIpc) is 3.57. The zero-order valence-corrected chi connectivity index (χ0v) is 17.9. The van der Waals surface area contributed by atoms with E-state index in [1.807, 2.05) is 6.20 Å². The molecule has 164 valence electrons. The van der Waals surface area contributed by atoms with Gasteiger partial charge in [0.1, 0.15) is 17.0 Å². The third-order valence-electron chi connectivity index (χ3n) is 7.60. The molecule has 1 aromatic carbocycles. The number of hydrogen-bond acceptors (Lipinski definition) is 3. The summed E-state index contributed by atoms with van der Waals surface area (Å²) < 4.78 is 14.9. The summed E-state index contributed by atoms with van der Waals surface area (Å²) in [6.45, 7) is 0.235. The molecular formula is C26H26FN3O2. The van der Waals surface area contributed by atoms with E-state index >= 15 is 0 Å². The third-order valence-corrected chi connectivity index (χ3v) is 7.60. The van der Waals surface area contributed by atoms with Gasteiger partial charge in [0.2, 0.25) is 0 Å². The maximum Gasteiger partial charge on any atom is 0.265 e. The third kappa shape index (κ3) is 3.42. The lowest BCUT2D eigenvalue weighted by Gasteiger charge is -2.54. The fourth-order valence-corrected chi connectivity index (χ4v) is 5.44. The lowest BCUT2D eigenvalue weighted by molar-refractivity contribution is -0.000650. The van der Waals surface area contributed by atoms with E-state index in [0.29, 0.717) is 17.0 Å². The van der Waals surface area contributed by atoms with Gasteiger partial charge in [-0.25, -0.2) is 9.37 Å². The molecule has 0 radical (unpaired) electrons. The molecule has 5 nitrogen and oxygen atoms in total. The van der Waals surface area contributed by atoms with Crippen LogP contribution in [0.1, 0.15) is 72.3 Å². The minimum absolute atomic E-state index is 0.152. The molecular weight excluding hydrogens is 405 g/mol. The van der Waals surface area contributed by atoms with Gasteiger partial charge in [0.15, 0.2) is 0 Å². The van der Waals surface area contributed by atoms with Crippen LogP contribution >= 0.6 is 0 Å². The molecule has 3 aliphatic rings. The van der Waals surface area contributed by atoms with Crippen molar-refractivity contribution in [3.8, 4) is 0 Å². The van der Waals surface area contributed by atoms with Gasteiger partial charge < -0.3 is 5.32 Å². The van der Waals surface area contributed by atoms with Crippen LogP contribution < -0.4 is 10.9 Å². The van der Waals surface area contributed by atoms with Crippen LogP contribution in [0.5, 0.6) is 0 Å². The Hall–Kier alpha value is -3.02. The number of benzene rings is 1. The molecule has 1 N–H and O–H groups in total. The number of fused-ring (bicyclic) bond motifs is 1. The number of rotatable bonds is 5. The number of amides is 1. The first-order valence-corrected chi connectivity index (χ1v) is 11.6. The maximum absolute atomic E-state index is 13.4. The van der Waals surface area contributed by atoms with E-state index in [1.54, 1.807) is 22.8 Å². The van der Waals surface area contributed by atoms with Gasteiger partial charge in [0.05, 0.1) is 6.54 Å². The Morgan fingerprint density at radius 1 is 1.16 bits per heavy atom. The Morgan fingerprint density at radius 2 is 1.91 bits per heavy atom. The minimum Gasteiger partial charge on any atom is -0.349 e. The van der Waals surface area contributed by atoms with Crippen LogP contribution in [0.4, 0.5) is 4.39 Å². The summed E-state index contributed by atoms with van der Waals surface area (Å²) in [4.78, 5) is 31.1. The summed E-state index contributed by atoms with van der Waals surface area (Å²) in [7, 11) is 0. The molecule has 0 aliphatic heterocycles. The Balaban J connectivity index is 1.37. The highest BCUT2D eigenvalue weighted by Gasteiger charge is 2.48. The molecule has 3 aromatic rings. The summed E-state index contributed by atoms with van der Waals surface area (Å²) in [5, 5.41) is 3.88. The van der Waals surface area contributed by atoms with Crippen molar-refractivity contribution in [3.63, 3.8) is 0 Å². The summed E-state index contributed by atoms with van der Waals surface area (Å²) in [5.74, 6) is -0.105. The number of halogens is 1. The molecule has 1 spiro atoms. The van der Waals surface area contributed by atoms with E-state index < -0.39 is 0 Å². The molecule has 0 unspecified atom stereocenters. The summed E-state index contributed by atoms with van der Waals surface area (Å²) in [6, 6.07) is 9.99. The number of nitrogens with one attached hydrogen (secondary N) is 1. The van der Waals surface area contributed by atoms with Crippen LogP contribution in [0.2, 0.25) is 0 Å². The van der Waals surface area contributed by atoms with Gasteiger partial charge in [-0.2, -0.15) is 0 Å². The minimum atomic E-state index is -0.358. The Labute approximate surface area is 185 Å². The van der Waals surface area contributed by atoms with E-state index in [2.05, 4.69) is 16.4 Å². The van der Waals surface area contributed by atoms with Crippen molar-refractivity contribution in [1.82, 2.24) is 14.9 Å². The zero-order chi connectivity index (χ0) is 21.9. The molecule has 3 aliphatic carbocycles. The van der Waals surface area contributed by atoms with Crippen molar-refractivity contribution in [1.29, 1.82) is 0 Å². The first kappa shape index (κ1) is 19.6. The number of pyridine rings is 2. The van der Waals surface area contributed by atoms with Crippen LogP contribution in [0.25, 0.3) is 11.0 Å². The molecule has 1 amide bonds. The molecule has 3 saturated carbocycles. The number of carbonyl (C=O) groups excluding carboxylic acids is 1. The smallest absolute Gasteiger partial charge is 0.265 e. The monoisotopic (exact) mass is 431 g/mol. The fourth-order valence-electron chi connectivity index (χ4n) is 5.44. The quantitative estimate of drug-likeness (QED) is 0.646. The van der Waals surface area contributed by atoms with Crippen molar-refractivity contribution in [3.05, 3.63) is 75.5 Å². The number of hydrogen-bond donors (Lipinski definition) is 1. The summed E-state index contributed by atoms with van der Waals surface area (Å²) >= 11 is 0. The highest BCUT2D eigenvalue weighted by molar-refractivity contribution is 5.97. The second-order valence-electron chi connectivity index (χ2n) is 9.96. The van der Waals surface area contributed by atoms with E-state index in [-0.39, 0.29) is 35.4 Å². The number of aromatic nitrogens is 2. The first-order chi connectivity index (χ1) is 15.5. The molecule has 0 bridgehead atoms. The van der Waals surface area contributed by atoms with Crippen LogP contribution in [0, 0.1) is 11.2 Å². The Morgan fingerprint density at radius 3 is 2.56 bits per heavy atom. The fraction of sp³-hybridized carbons (Fsp3) is 0.423. The van der Waals surface area contributed by atoms with E-state index in [4.69, 9.17) is 0 Å². The van der Waals surface area contributed by atoms with Gasteiger partial charge in [-0.05, 0) is 85.3 Å². The molecule has 0 atom stereocenters. The second kappa shape index (κ2) is 7.26. The topological polar surface area (TPSA) is 64.0 Å². The van der Waals surface area contributed by atoms with E-state index in [9.17, 15) is 14.0 Å². The predicted octanol–water partition coefficient (Wildman–Crippen LogP) is 4.52. The SMILES string of the molecule is O=C(NC1CC2(CCC2)C1)c1cc2cc(C3CC3)cnc2n(Cc2ccc(F)cc2)c1=O. The molecule has 2 heterocycles. The van der Waals surface area contributed by atoms with E-state index in [1.165, 1.54) is 31.4 Å². The highest BCUT2D eigenvalue weighted by Crippen LogP contribution is 2.55. The number of carbonyl (C=O) groups is 1.